The largest absolute Gasteiger partial charge is 0.399 e. The molecule has 0 saturated heterocycles. The first-order valence-corrected chi connectivity index (χ1v) is 5.81. The maximum absolute atomic E-state index is 5.73. The molecule has 0 radical (unpaired) electrons. The van der Waals surface area contributed by atoms with Gasteiger partial charge in [0.15, 0.2) is 0 Å². The predicted molar refractivity (Wildman–Crippen MR) is 70.9 cm³/mol. The first-order valence-electron chi connectivity index (χ1n) is 5.81. The fourth-order valence-corrected chi connectivity index (χ4v) is 1.79. The summed E-state index contributed by atoms with van der Waals surface area (Å²) in [5, 5.41) is 7.44. The monoisotopic (exact) mass is 230 g/mol. The second kappa shape index (κ2) is 5.39. The van der Waals surface area contributed by atoms with Crippen LogP contribution in [-0.4, -0.2) is 16.3 Å². The Morgan fingerprint density at radius 3 is 3.00 bits per heavy atom. The van der Waals surface area contributed by atoms with Crippen LogP contribution < -0.4 is 11.1 Å². The highest BCUT2D eigenvalue weighted by Crippen LogP contribution is 2.09. The van der Waals surface area contributed by atoms with E-state index >= 15 is 0 Å². The van der Waals surface area contributed by atoms with Crippen molar-refractivity contribution in [3.63, 3.8) is 0 Å². The van der Waals surface area contributed by atoms with Crippen LogP contribution >= 0.6 is 0 Å². The maximum atomic E-state index is 5.73. The van der Waals surface area contributed by atoms with Crippen molar-refractivity contribution >= 4 is 11.4 Å². The zero-order valence-corrected chi connectivity index (χ0v) is 10.1. The third kappa shape index (κ3) is 3.52. The highest BCUT2D eigenvalue weighted by molar-refractivity contribution is 5.41. The normalized spacial score (nSPS) is 10.4. The molecule has 0 aliphatic carbocycles. The Morgan fingerprint density at radius 2 is 2.29 bits per heavy atom. The number of nitrogens with two attached hydrogens (primary N) is 1. The van der Waals surface area contributed by atoms with E-state index in [4.69, 9.17) is 5.73 Å². The number of rotatable bonds is 5. The molecule has 1 aromatic carbocycles. The van der Waals surface area contributed by atoms with Gasteiger partial charge >= 0.3 is 0 Å². The van der Waals surface area contributed by atoms with Crippen LogP contribution in [0.5, 0.6) is 0 Å². The van der Waals surface area contributed by atoms with E-state index in [-0.39, 0.29) is 0 Å². The molecule has 0 saturated carbocycles. The second-order valence-electron chi connectivity index (χ2n) is 4.18. The van der Waals surface area contributed by atoms with E-state index in [9.17, 15) is 0 Å². The number of aryl methyl sites for hydroxylation is 2. The summed E-state index contributed by atoms with van der Waals surface area (Å²) >= 11 is 0. The van der Waals surface area contributed by atoms with Gasteiger partial charge in [0, 0.05) is 25.5 Å². The zero-order chi connectivity index (χ0) is 12.1. The van der Waals surface area contributed by atoms with Gasteiger partial charge in [-0.25, -0.2) is 0 Å². The standard InChI is InChI=1S/C13H18N4/c1-17-10-13(9-16-17)15-7-3-5-11-4-2-6-12(14)8-11/h2,4,6,8-10,15H,3,5,7,14H2,1H3. The summed E-state index contributed by atoms with van der Waals surface area (Å²) < 4.78 is 1.79. The van der Waals surface area contributed by atoms with Crippen molar-refractivity contribution in [1.29, 1.82) is 0 Å². The first kappa shape index (κ1) is 11.5. The molecule has 1 aromatic heterocycles. The molecule has 0 aliphatic heterocycles. The van der Waals surface area contributed by atoms with E-state index in [2.05, 4.69) is 16.5 Å². The van der Waals surface area contributed by atoms with E-state index < -0.39 is 0 Å². The summed E-state index contributed by atoms with van der Waals surface area (Å²) in [5.74, 6) is 0. The molecule has 0 amide bonds. The number of nitrogens with one attached hydrogen (secondary N) is 1. The molecule has 17 heavy (non-hydrogen) atoms. The number of hydrogen-bond donors (Lipinski definition) is 2. The van der Waals surface area contributed by atoms with Crippen LogP contribution in [0.25, 0.3) is 0 Å². The molecule has 4 nitrogen and oxygen atoms in total. The van der Waals surface area contributed by atoms with Crippen LogP contribution in [0.2, 0.25) is 0 Å². The number of nitrogens with zero attached hydrogens (tertiary/aromatic N) is 2. The van der Waals surface area contributed by atoms with E-state index in [1.807, 2.05) is 37.6 Å². The number of nitrogen functional groups attached to an aromatic ring is 1. The first-order chi connectivity index (χ1) is 8.24. The Bertz CT molecular complexity index is 476. The molecule has 0 unspecified atom stereocenters. The van der Waals surface area contributed by atoms with Crippen LogP contribution in [0.1, 0.15) is 12.0 Å². The van der Waals surface area contributed by atoms with Crippen LogP contribution in [-0.2, 0) is 13.5 Å². The molecule has 0 fully saturated rings. The number of anilines is 2. The third-order valence-electron chi connectivity index (χ3n) is 2.63. The molecule has 0 atom stereocenters. The Labute approximate surface area is 101 Å². The summed E-state index contributed by atoms with van der Waals surface area (Å²) in [5.41, 5.74) is 8.93. The summed E-state index contributed by atoms with van der Waals surface area (Å²) in [6.07, 6.45) is 5.93. The quantitative estimate of drug-likeness (QED) is 0.610. The Hall–Kier alpha value is -1.97. The van der Waals surface area contributed by atoms with Gasteiger partial charge in [-0.3, -0.25) is 4.68 Å². The SMILES string of the molecule is Cn1cc(NCCCc2cccc(N)c2)cn1. The maximum Gasteiger partial charge on any atom is 0.0726 e. The Morgan fingerprint density at radius 1 is 1.41 bits per heavy atom. The molecule has 2 rings (SSSR count). The molecule has 0 bridgehead atoms. The lowest BCUT2D eigenvalue weighted by atomic mass is 10.1. The lowest BCUT2D eigenvalue weighted by Crippen LogP contribution is -2.02. The fraction of sp³-hybridized carbons (Fsp3) is 0.308. The lowest BCUT2D eigenvalue weighted by molar-refractivity contribution is 0.767. The van der Waals surface area contributed by atoms with Crippen LogP contribution in [0.4, 0.5) is 11.4 Å². The van der Waals surface area contributed by atoms with Crippen molar-refractivity contribution in [3.05, 3.63) is 42.2 Å². The van der Waals surface area contributed by atoms with Crippen molar-refractivity contribution in [2.45, 2.75) is 12.8 Å². The summed E-state index contributed by atoms with van der Waals surface area (Å²) in [6.45, 7) is 0.945. The van der Waals surface area contributed by atoms with Gasteiger partial charge < -0.3 is 11.1 Å². The van der Waals surface area contributed by atoms with Gasteiger partial charge in [-0.2, -0.15) is 5.10 Å². The van der Waals surface area contributed by atoms with Crippen molar-refractivity contribution < 1.29 is 0 Å². The van der Waals surface area contributed by atoms with Gasteiger partial charge in [-0.15, -0.1) is 0 Å². The van der Waals surface area contributed by atoms with Crippen molar-refractivity contribution in [2.24, 2.45) is 7.05 Å². The van der Waals surface area contributed by atoms with Crippen molar-refractivity contribution in [2.75, 3.05) is 17.6 Å². The average molecular weight is 230 g/mol. The molecular formula is C13H18N4. The van der Waals surface area contributed by atoms with Crippen LogP contribution in [0.3, 0.4) is 0 Å². The van der Waals surface area contributed by atoms with Crippen molar-refractivity contribution in [1.82, 2.24) is 9.78 Å². The van der Waals surface area contributed by atoms with Gasteiger partial charge in [0.25, 0.3) is 0 Å². The van der Waals surface area contributed by atoms with Crippen LogP contribution in [0.15, 0.2) is 36.7 Å². The van der Waals surface area contributed by atoms with E-state index in [0.29, 0.717) is 0 Å². The molecule has 4 heteroatoms. The number of aromatic nitrogens is 2. The third-order valence-corrected chi connectivity index (χ3v) is 2.63. The summed E-state index contributed by atoms with van der Waals surface area (Å²) in [7, 11) is 1.91. The van der Waals surface area contributed by atoms with Gasteiger partial charge in [-0.1, -0.05) is 12.1 Å². The highest BCUT2D eigenvalue weighted by Gasteiger charge is 1.96. The minimum Gasteiger partial charge on any atom is -0.399 e. The Kier molecular flexibility index (Phi) is 3.65. The number of hydrogen-bond acceptors (Lipinski definition) is 3. The van der Waals surface area contributed by atoms with Gasteiger partial charge in [0.2, 0.25) is 0 Å². The molecular weight excluding hydrogens is 212 g/mol. The second-order valence-corrected chi connectivity index (χ2v) is 4.18. The van der Waals surface area contributed by atoms with E-state index in [0.717, 1.165) is 30.8 Å². The van der Waals surface area contributed by atoms with E-state index in [1.165, 1.54) is 5.56 Å². The summed E-state index contributed by atoms with van der Waals surface area (Å²) in [6, 6.07) is 8.06. The van der Waals surface area contributed by atoms with Gasteiger partial charge in [0.05, 0.1) is 11.9 Å². The van der Waals surface area contributed by atoms with E-state index in [1.54, 1.807) is 4.68 Å². The molecule has 1 heterocycles. The molecule has 0 spiro atoms. The predicted octanol–water partition coefficient (Wildman–Crippen LogP) is 2.05. The minimum atomic E-state index is 0.836. The lowest BCUT2D eigenvalue weighted by Gasteiger charge is -2.04. The van der Waals surface area contributed by atoms with Gasteiger partial charge in [0.1, 0.15) is 0 Å². The molecule has 0 aliphatic rings. The molecule has 90 valence electrons. The fourth-order valence-electron chi connectivity index (χ4n) is 1.79. The smallest absolute Gasteiger partial charge is 0.0726 e. The Balaban J connectivity index is 1.73. The van der Waals surface area contributed by atoms with Gasteiger partial charge in [-0.05, 0) is 30.5 Å². The number of benzene rings is 1. The molecule has 2 aromatic rings. The average Bonchev–Trinajstić information content (AvgIpc) is 2.71. The molecule has 3 N–H and O–H groups in total. The minimum absolute atomic E-state index is 0.836. The topological polar surface area (TPSA) is 55.9 Å². The summed E-state index contributed by atoms with van der Waals surface area (Å²) in [4.78, 5) is 0. The van der Waals surface area contributed by atoms with Crippen LogP contribution in [0, 0.1) is 0 Å². The zero-order valence-electron chi connectivity index (χ0n) is 10.1. The van der Waals surface area contributed by atoms with Crippen molar-refractivity contribution in [3.8, 4) is 0 Å². The highest BCUT2D eigenvalue weighted by atomic mass is 15.3.